The van der Waals surface area contributed by atoms with Crippen LogP contribution in [-0.2, 0) is 20.4 Å². The number of nitrogens with zero attached hydrogens (tertiary/aromatic N) is 3. The minimum absolute atomic E-state index is 0.0382. The number of benzene rings is 1. The lowest BCUT2D eigenvalue weighted by atomic mass is 9.74. The summed E-state index contributed by atoms with van der Waals surface area (Å²) in [7, 11) is 0. The van der Waals surface area contributed by atoms with Crippen molar-refractivity contribution >= 4 is 11.8 Å². The van der Waals surface area contributed by atoms with Gasteiger partial charge in [-0.15, -0.1) is 0 Å². The van der Waals surface area contributed by atoms with Gasteiger partial charge >= 0.3 is 5.97 Å². The molecule has 2 aromatic rings. The Bertz CT molecular complexity index is 999. The van der Waals surface area contributed by atoms with Gasteiger partial charge in [0, 0.05) is 31.7 Å². The number of unbranched alkanes of at least 4 members (excludes halogenated alkanes) is 2. The first-order valence-electron chi connectivity index (χ1n) is 13.4. The summed E-state index contributed by atoms with van der Waals surface area (Å²) in [5, 5.41) is 0. The highest BCUT2D eigenvalue weighted by atomic mass is 16.5. The van der Waals surface area contributed by atoms with Gasteiger partial charge in [-0.3, -0.25) is 9.69 Å². The molecule has 1 saturated heterocycles. The molecule has 1 aromatic heterocycles. The molecular weight excluding hydrogens is 448 g/mol. The van der Waals surface area contributed by atoms with Crippen molar-refractivity contribution in [3.63, 3.8) is 0 Å². The maximum Gasteiger partial charge on any atom is 0.319 e. The molecule has 6 nitrogen and oxygen atoms in total. The number of carbonyl (C=O) groups excluding carboxylic acids is 1. The van der Waals surface area contributed by atoms with Crippen LogP contribution >= 0.6 is 0 Å². The average molecular weight is 495 g/mol. The SMILES string of the molecule is CC(C)(C)c1ccc(-c2cccc(N3CCN(CCCCCOC(=O)CN)CC3)n2)cc1C(C)(C)C. The zero-order valence-electron chi connectivity index (χ0n) is 23.3. The number of piperazine rings is 1. The fourth-order valence-corrected chi connectivity index (χ4v) is 4.80. The first-order valence-corrected chi connectivity index (χ1v) is 13.4. The van der Waals surface area contributed by atoms with Gasteiger partial charge in [-0.2, -0.15) is 0 Å². The standard InChI is InChI=1S/C30H46N4O2/c1-29(2,3)24-14-13-23(21-25(24)30(4,5)6)26-11-10-12-27(32-26)34-18-16-33(17-19-34)15-8-7-9-20-36-28(35)22-31/h10-14,21H,7-9,15-20,22,31H2,1-6H3. The van der Waals surface area contributed by atoms with Gasteiger partial charge in [-0.1, -0.05) is 59.7 Å². The minimum Gasteiger partial charge on any atom is -0.465 e. The van der Waals surface area contributed by atoms with E-state index in [1.807, 2.05) is 0 Å². The normalized spacial score (nSPS) is 15.2. The van der Waals surface area contributed by atoms with Gasteiger partial charge in [0.15, 0.2) is 0 Å². The second-order valence-electron chi connectivity index (χ2n) is 12.0. The van der Waals surface area contributed by atoms with E-state index in [4.69, 9.17) is 15.5 Å². The van der Waals surface area contributed by atoms with Crippen LogP contribution in [0.15, 0.2) is 36.4 Å². The summed E-state index contributed by atoms with van der Waals surface area (Å²) >= 11 is 0. The van der Waals surface area contributed by atoms with Crippen molar-refractivity contribution in [2.24, 2.45) is 5.73 Å². The smallest absolute Gasteiger partial charge is 0.319 e. The zero-order chi connectivity index (χ0) is 26.3. The predicted octanol–water partition coefficient (Wildman–Crippen LogP) is 5.14. The first kappa shape index (κ1) is 28.1. The molecule has 0 radical (unpaired) electrons. The number of hydrogen-bond acceptors (Lipinski definition) is 6. The van der Waals surface area contributed by atoms with E-state index >= 15 is 0 Å². The molecule has 0 amide bonds. The van der Waals surface area contributed by atoms with Crippen molar-refractivity contribution < 1.29 is 9.53 Å². The second kappa shape index (κ2) is 12.2. The zero-order valence-corrected chi connectivity index (χ0v) is 23.3. The van der Waals surface area contributed by atoms with Gasteiger partial charge in [0.2, 0.25) is 0 Å². The molecule has 1 fully saturated rings. The van der Waals surface area contributed by atoms with E-state index in [9.17, 15) is 4.79 Å². The van der Waals surface area contributed by atoms with Gasteiger partial charge in [0.1, 0.15) is 5.82 Å². The molecule has 2 heterocycles. The third kappa shape index (κ3) is 7.78. The number of aromatic nitrogens is 1. The molecule has 1 aliphatic rings. The second-order valence-corrected chi connectivity index (χ2v) is 12.0. The van der Waals surface area contributed by atoms with Gasteiger partial charge in [-0.25, -0.2) is 4.98 Å². The number of rotatable bonds is 9. The molecule has 1 aromatic carbocycles. The van der Waals surface area contributed by atoms with E-state index < -0.39 is 0 Å². The fraction of sp³-hybridized carbons (Fsp3) is 0.600. The number of carbonyl (C=O) groups is 1. The van der Waals surface area contributed by atoms with Crippen LogP contribution in [-0.4, -0.2) is 61.7 Å². The lowest BCUT2D eigenvalue weighted by Gasteiger charge is -2.35. The number of pyridine rings is 1. The molecule has 0 unspecified atom stereocenters. The van der Waals surface area contributed by atoms with Gasteiger partial charge in [-0.05, 0) is 66.0 Å². The Labute approximate surface area is 218 Å². The lowest BCUT2D eigenvalue weighted by Crippen LogP contribution is -2.46. The van der Waals surface area contributed by atoms with Gasteiger partial charge < -0.3 is 15.4 Å². The Morgan fingerprint density at radius 3 is 2.25 bits per heavy atom. The van der Waals surface area contributed by atoms with Crippen LogP contribution in [0.3, 0.4) is 0 Å². The third-order valence-electron chi connectivity index (χ3n) is 6.91. The first-order chi connectivity index (χ1) is 17.0. The maximum atomic E-state index is 11.1. The monoisotopic (exact) mass is 494 g/mol. The lowest BCUT2D eigenvalue weighted by molar-refractivity contribution is -0.142. The molecular formula is C30H46N4O2. The Kier molecular flexibility index (Phi) is 9.53. The topological polar surface area (TPSA) is 71.7 Å². The van der Waals surface area contributed by atoms with Crippen molar-refractivity contribution in [2.45, 2.75) is 71.6 Å². The Hall–Kier alpha value is -2.44. The van der Waals surface area contributed by atoms with Crippen molar-refractivity contribution in [3.05, 3.63) is 47.5 Å². The highest BCUT2D eigenvalue weighted by Crippen LogP contribution is 2.36. The summed E-state index contributed by atoms with van der Waals surface area (Å²) in [5.74, 6) is 0.742. The van der Waals surface area contributed by atoms with Crippen LogP contribution in [0.2, 0.25) is 0 Å². The molecule has 2 N–H and O–H groups in total. The number of hydrogen-bond donors (Lipinski definition) is 1. The Morgan fingerprint density at radius 1 is 0.917 bits per heavy atom. The van der Waals surface area contributed by atoms with E-state index in [-0.39, 0.29) is 23.3 Å². The number of ether oxygens (including phenoxy) is 1. The highest BCUT2D eigenvalue weighted by molar-refractivity contribution is 5.71. The fourth-order valence-electron chi connectivity index (χ4n) is 4.80. The summed E-state index contributed by atoms with van der Waals surface area (Å²) in [6.45, 7) is 19.3. The largest absolute Gasteiger partial charge is 0.465 e. The predicted molar refractivity (Wildman–Crippen MR) is 150 cm³/mol. The minimum atomic E-state index is -0.319. The molecule has 0 bridgehead atoms. The number of esters is 1. The molecule has 1 aliphatic heterocycles. The molecule has 0 atom stereocenters. The van der Waals surface area contributed by atoms with Crippen molar-refractivity contribution in [1.29, 1.82) is 0 Å². The molecule has 0 aliphatic carbocycles. The van der Waals surface area contributed by atoms with Crippen molar-refractivity contribution in [2.75, 3.05) is 50.8 Å². The third-order valence-corrected chi connectivity index (χ3v) is 6.91. The summed E-state index contributed by atoms with van der Waals surface area (Å²) in [5.41, 5.74) is 10.5. The van der Waals surface area contributed by atoms with Crippen LogP contribution < -0.4 is 10.6 Å². The highest BCUT2D eigenvalue weighted by Gasteiger charge is 2.26. The van der Waals surface area contributed by atoms with E-state index in [2.05, 4.69) is 87.7 Å². The summed E-state index contributed by atoms with van der Waals surface area (Å²) in [4.78, 5) is 21.1. The Morgan fingerprint density at radius 2 is 1.61 bits per heavy atom. The Balaban J connectivity index is 1.58. The van der Waals surface area contributed by atoms with E-state index in [1.165, 1.54) is 16.7 Å². The number of anilines is 1. The molecule has 0 spiro atoms. The van der Waals surface area contributed by atoms with Crippen LogP contribution in [0, 0.1) is 0 Å². The summed E-state index contributed by atoms with van der Waals surface area (Å²) in [6.07, 6.45) is 3.08. The van der Waals surface area contributed by atoms with Crippen LogP contribution in [0.4, 0.5) is 5.82 Å². The van der Waals surface area contributed by atoms with Crippen LogP contribution in [0.5, 0.6) is 0 Å². The quantitative estimate of drug-likeness (QED) is 0.385. The molecule has 6 heteroatoms. The van der Waals surface area contributed by atoms with Crippen LogP contribution in [0.25, 0.3) is 11.3 Å². The molecule has 0 saturated carbocycles. The molecule has 36 heavy (non-hydrogen) atoms. The molecule has 3 rings (SSSR count). The van der Waals surface area contributed by atoms with Crippen LogP contribution in [0.1, 0.15) is 71.9 Å². The van der Waals surface area contributed by atoms with Crippen molar-refractivity contribution in [1.82, 2.24) is 9.88 Å². The summed E-state index contributed by atoms with van der Waals surface area (Å²) < 4.78 is 5.04. The average Bonchev–Trinajstić information content (AvgIpc) is 2.85. The van der Waals surface area contributed by atoms with E-state index in [0.29, 0.717) is 6.61 Å². The molecule has 198 valence electrons. The van der Waals surface area contributed by atoms with Crippen molar-refractivity contribution in [3.8, 4) is 11.3 Å². The summed E-state index contributed by atoms with van der Waals surface area (Å²) in [6, 6.07) is 13.3. The van der Waals surface area contributed by atoms with E-state index in [0.717, 1.165) is 63.5 Å². The number of nitrogens with two attached hydrogens (primary N) is 1. The van der Waals surface area contributed by atoms with E-state index in [1.54, 1.807) is 0 Å². The van der Waals surface area contributed by atoms with Gasteiger partial charge in [0.25, 0.3) is 0 Å². The maximum absolute atomic E-state index is 11.1. The van der Waals surface area contributed by atoms with Gasteiger partial charge in [0.05, 0.1) is 18.8 Å².